The first-order chi connectivity index (χ1) is 14.6. The quantitative estimate of drug-likeness (QED) is 0.456. The third-order valence-corrected chi connectivity index (χ3v) is 5.65. The summed E-state index contributed by atoms with van der Waals surface area (Å²) in [5.74, 6) is 1.74. The maximum absolute atomic E-state index is 6.06. The van der Waals surface area contributed by atoms with Crippen LogP contribution in [0, 0.1) is 6.92 Å². The van der Waals surface area contributed by atoms with Gasteiger partial charge in [0.05, 0.1) is 24.2 Å². The number of unbranched alkanes of at least 4 members (excludes halogenated alkanes) is 1. The van der Waals surface area contributed by atoms with E-state index in [1.807, 2.05) is 29.9 Å². The van der Waals surface area contributed by atoms with Gasteiger partial charge in [0.15, 0.2) is 7.98 Å². The monoisotopic (exact) mass is 403 g/mol. The summed E-state index contributed by atoms with van der Waals surface area (Å²) in [7, 11) is 5.93. The summed E-state index contributed by atoms with van der Waals surface area (Å²) in [6.45, 7) is 7.30. The molecule has 0 amide bonds. The molecule has 156 valence electrons. The number of para-hydroxylation sites is 2. The number of fused-ring (bicyclic) bond motifs is 1. The van der Waals surface area contributed by atoms with Gasteiger partial charge in [-0.15, -0.1) is 0 Å². The van der Waals surface area contributed by atoms with Gasteiger partial charge in [-0.05, 0) is 63.5 Å². The molecular weight excluding hydrogens is 373 g/mol. The van der Waals surface area contributed by atoms with Crippen LogP contribution in [0.25, 0.3) is 11.0 Å². The van der Waals surface area contributed by atoms with Crippen LogP contribution in [-0.4, -0.2) is 53.1 Å². The molecule has 0 spiro atoms. The van der Waals surface area contributed by atoms with E-state index in [1.54, 1.807) is 0 Å². The first-order valence-corrected chi connectivity index (χ1v) is 10.9. The van der Waals surface area contributed by atoms with Crippen molar-refractivity contribution in [3.8, 4) is 5.75 Å². The van der Waals surface area contributed by atoms with E-state index in [9.17, 15) is 0 Å². The molecule has 1 N–H and O–H groups in total. The van der Waals surface area contributed by atoms with Crippen molar-refractivity contribution in [1.82, 2.24) is 19.3 Å². The number of hydrogen-bond donors (Lipinski definition) is 1. The number of anilines is 1. The fourth-order valence-electron chi connectivity index (χ4n) is 3.89. The van der Waals surface area contributed by atoms with Crippen LogP contribution in [0.1, 0.15) is 44.0 Å². The molecule has 2 radical (unpaired) electrons. The second kappa shape index (κ2) is 9.52. The summed E-state index contributed by atoms with van der Waals surface area (Å²) in [5.41, 5.74) is 4.01. The van der Waals surface area contributed by atoms with Crippen LogP contribution in [-0.2, 0) is 6.54 Å². The fraction of sp³-hybridized carbons (Fsp3) is 0.478. The maximum Gasteiger partial charge on any atom is 0.204 e. The summed E-state index contributed by atoms with van der Waals surface area (Å²) in [6, 6.07) is 12.7. The summed E-state index contributed by atoms with van der Waals surface area (Å²) >= 11 is 0. The molecule has 4 rings (SSSR count). The van der Waals surface area contributed by atoms with E-state index >= 15 is 0 Å². The zero-order valence-electron chi connectivity index (χ0n) is 18.0. The molecule has 1 aromatic carbocycles. The Morgan fingerprint density at radius 2 is 1.93 bits per heavy atom. The Morgan fingerprint density at radius 1 is 1.13 bits per heavy atom. The highest BCUT2D eigenvalue weighted by Gasteiger charge is 2.20. The highest BCUT2D eigenvalue weighted by molar-refractivity contribution is 6.04. The number of hydrogen-bond acceptors (Lipinski definition) is 5. The first kappa shape index (κ1) is 20.7. The lowest BCUT2D eigenvalue weighted by Crippen LogP contribution is -2.38. The lowest BCUT2D eigenvalue weighted by atomic mass is 10.0. The Hall–Kier alpha value is -2.54. The summed E-state index contributed by atoms with van der Waals surface area (Å²) < 4.78 is 8.28. The number of aromatic nitrogens is 3. The predicted molar refractivity (Wildman–Crippen MR) is 122 cm³/mol. The zero-order valence-corrected chi connectivity index (χ0v) is 18.0. The molecule has 3 heterocycles. The molecule has 0 bridgehead atoms. The van der Waals surface area contributed by atoms with Gasteiger partial charge < -0.3 is 19.4 Å². The lowest BCUT2D eigenvalue weighted by Gasteiger charge is -2.30. The van der Waals surface area contributed by atoms with E-state index in [1.165, 1.54) is 0 Å². The number of ether oxygens (including phenoxy) is 1. The molecule has 2 aromatic heterocycles. The minimum atomic E-state index is 0.367. The maximum atomic E-state index is 6.06. The van der Waals surface area contributed by atoms with Gasteiger partial charge >= 0.3 is 0 Å². The molecular formula is C23H30BN5O. The third-order valence-electron chi connectivity index (χ3n) is 5.65. The Labute approximate surface area is 180 Å². The minimum Gasteiger partial charge on any atom is -0.492 e. The van der Waals surface area contributed by atoms with E-state index < -0.39 is 0 Å². The number of nitrogens with one attached hydrogen (secondary N) is 1. The van der Waals surface area contributed by atoms with Crippen LogP contribution in [0.5, 0.6) is 5.75 Å². The normalized spacial score (nSPS) is 15.5. The second-order valence-electron chi connectivity index (χ2n) is 8.06. The van der Waals surface area contributed by atoms with E-state index in [-0.39, 0.29) is 0 Å². The Morgan fingerprint density at radius 3 is 2.73 bits per heavy atom. The van der Waals surface area contributed by atoms with E-state index in [0.717, 1.165) is 72.9 Å². The van der Waals surface area contributed by atoms with Crippen molar-refractivity contribution in [3.05, 3.63) is 47.8 Å². The van der Waals surface area contributed by atoms with Crippen molar-refractivity contribution in [2.75, 3.05) is 25.0 Å². The number of pyridine rings is 1. The summed E-state index contributed by atoms with van der Waals surface area (Å²) in [6.07, 6.45) is 4.16. The van der Waals surface area contributed by atoms with Crippen LogP contribution < -0.4 is 10.1 Å². The van der Waals surface area contributed by atoms with Gasteiger partial charge in [-0.3, -0.25) is 4.98 Å². The van der Waals surface area contributed by atoms with Crippen LogP contribution in [0.2, 0.25) is 0 Å². The Bertz CT molecular complexity index is 981. The number of aryl methyl sites for hydroxylation is 1. The van der Waals surface area contributed by atoms with Gasteiger partial charge in [-0.25, -0.2) is 4.98 Å². The van der Waals surface area contributed by atoms with Crippen LogP contribution in [0.15, 0.2) is 36.4 Å². The molecule has 0 aliphatic carbocycles. The number of rotatable bonds is 8. The van der Waals surface area contributed by atoms with Gasteiger partial charge in [0.25, 0.3) is 0 Å². The average Bonchev–Trinajstić information content (AvgIpc) is 3.08. The summed E-state index contributed by atoms with van der Waals surface area (Å²) in [4.78, 5) is 11.6. The fourth-order valence-corrected chi connectivity index (χ4v) is 3.89. The SMILES string of the molecule is [B]N1CCC(Nc2nc3ccccc3n2Cc2nc(C)ccc2OCCCC)CC1. The number of benzene rings is 1. The molecule has 0 saturated carbocycles. The largest absolute Gasteiger partial charge is 0.492 e. The van der Waals surface area contributed by atoms with Gasteiger partial charge in [-0.1, -0.05) is 25.5 Å². The van der Waals surface area contributed by atoms with Crippen molar-refractivity contribution in [1.29, 1.82) is 0 Å². The highest BCUT2D eigenvalue weighted by Crippen LogP contribution is 2.26. The molecule has 1 aliphatic heterocycles. The first-order valence-electron chi connectivity index (χ1n) is 10.9. The van der Waals surface area contributed by atoms with Crippen molar-refractivity contribution in [2.24, 2.45) is 0 Å². The zero-order chi connectivity index (χ0) is 20.9. The molecule has 0 atom stereocenters. The van der Waals surface area contributed by atoms with E-state index in [2.05, 4.69) is 35.0 Å². The lowest BCUT2D eigenvalue weighted by molar-refractivity contribution is 0.304. The van der Waals surface area contributed by atoms with Gasteiger partial charge in [0.2, 0.25) is 5.95 Å². The molecule has 1 fully saturated rings. The number of piperidine rings is 1. The molecule has 3 aromatic rings. The smallest absolute Gasteiger partial charge is 0.204 e. The van der Waals surface area contributed by atoms with Gasteiger partial charge in [0, 0.05) is 11.7 Å². The van der Waals surface area contributed by atoms with Gasteiger partial charge in [0.1, 0.15) is 11.4 Å². The van der Waals surface area contributed by atoms with E-state index in [4.69, 9.17) is 22.7 Å². The van der Waals surface area contributed by atoms with Crippen molar-refractivity contribution in [3.63, 3.8) is 0 Å². The van der Waals surface area contributed by atoms with Crippen molar-refractivity contribution >= 4 is 25.0 Å². The number of imidazole rings is 1. The molecule has 1 saturated heterocycles. The topological polar surface area (TPSA) is 55.2 Å². The molecule has 6 nitrogen and oxygen atoms in total. The van der Waals surface area contributed by atoms with Crippen LogP contribution in [0.4, 0.5) is 5.95 Å². The van der Waals surface area contributed by atoms with Crippen molar-refractivity contribution in [2.45, 2.75) is 52.1 Å². The van der Waals surface area contributed by atoms with E-state index in [0.29, 0.717) is 19.2 Å². The standard InChI is InChI=1S/C23H30BN5O/c1-3-4-15-30-22-10-9-17(2)25-20(22)16-29-21-8-6-5-7-19(21)27-23(29)26-18-11-13-28(24)14-12-18/h5-10,18H,3-4,11-16H2,1-2H3,(H,26,27). The van der Waals surface area contributed by atoms with Gasteiger partial charge in [-0.2, -0.15) is 0 Å². The third kappa shape index (κ3) is 4.78. The molecule has 7 heteroatoms. The average molecular weight is 403 g/mol. The molecule has 0 unspecified atom stereocenters. The molecule has 30 heavy (non-hydrogen) atoms. The Balaban J connectivity index is 1.64. The molecule has 1 aliphatic rings. The van der Waals surface area contributed by atoms with Crippen molar-refractivity contribution < 1.29 is 4.74 Å². The summed E-state index contributed by atoms with van der Waals surface area (Å²) in [5, 5.41) is 3.67. The second-order valence-corrected chi connectivity index (χ2v) is 8.06. The van der Waals surface area contributed by atoms with Crippen LogP contribution in [0.3, 0.4) is 0 Å². The van der Waals surface area contributed by atoms with Crippen LogP contribution >= 0.6 is 0 Å². The predicted octanol–water partition coefficient (Wildman–Crippen LogP) is 3.93. The highest BCUT2D eigenvalue weighted by atomic mass is 16.5. The minimum absolute atomic E-state index is 0.367. The number of nitrogens with zero attached hydrogens (tertiary/aromatic N) is 4. The Kier molecular flexibility index (Phi) is 6.57.